The van der Waals surface area contributed by atoms with Gasteiger partial charge in [0.05, 0.1) is 30.8 Å². The summed E-state index contributed by atoms with van der Waals surface area (Å²) in [5.74, 6) is 0.960. The molecule has 8 heteroatoms. The van der Waals surface area contributed by atoms with Crippen molar-refractivity contribution in [2.75, 3.05) is 14.2 Å². The van der Waals surface area contributed by atoms with Crippen LogP contribution in [0.1, 0.15) is 64.4 Å². The van der Waals surface area contributed by atoms with E-state index >= 15 is 0 Å². The number of amides is 1. The third-order valence-corrected chi connectivity index (χ3v) is 7.15. The summed E-state index contributed by atoms with van der Waals surface area (Å²) >= 11 is 0. The Morgan fingerprint density at radius 3 is 2.21 bits per heavy atom. The first kappa shape index (κ1) is 25.3. The van der Waals surface area contributed by atoms with Crippen LogP contribution in [0, 0.1) is 0 Å². The highest BCUT2D eigenvalue weighted by molar-refractivity contribution is 5.95. The van der Waals surface area contributed by atoms with Crippen molar-refractivity contribution in [1.82, 2.24) is 14.9 Å². The lowest BCUT2D eigenvalue weighted by Crippen LogP contribution is -2.22. The van der Waals surface area contributed by atoms with Gasteiger partial charge in [-0.3, -0.25) is 4.79 Å². The van der Waals surface area contributed by atoms with Crippen LogP contribution in [0.5, 0.6) is 11.5 Å². The number of carboxylic acids is 1. The maximum Gasteiger partial charge on any atom is 0.335 e. The van der Waals surface area contributed by atoms with Crippen molar-refractivity contribution in [3.05, 3.63) is 77.4 Å². The fourth-order valence-electron chi connectivity index (χ4n) is 5.17. The van der Waals surface area contributed by atoms with Crippen LogP contribution in [0.3, 0.4) is 0 Å². The molecule has 1 aromatic heterocycles. The van der Waals surface area contributed by atoms with Crippen molar-refractivity contribution >= 4 is 22.9 Å². The van der Waals surface area contributed by atoms with Gasteiger partial charge in [-0.25, -0.2) is 9.78 Å². The first-order chi connectivity index (χ1) is 18.5. The molecule has 196 valence electrons. The molecule has 1 aliphatic rings. The SMILES string of the molecule is COc1cc(CNC(=O)c2ccc(-c3nc4cc(C(=O)O)ccc4n3C3CCCCC3)cc2)cc(OC)c1. The molecule has 4 aromatic rings. The molecule has 0 unspecified atom stereocenters. The van der Waals surface area contributed by atoms with E-state index in [9.17, 15) is 14.7 Å². The van der Waals surface area contributed by atoms with Gasteiger partial charge in [0, 0.05) is 29.8 Å². The number of carbonyl (C=O) groups is 2. The smallest absolute Gasteiger partial charge is 0.335 e. The third kappa shape index (κ3) is 5.20. The van der Waals surface area contributed by atoms with Crippen LogP contribution < -0.4 is 14.8 Å². The van der Waals surface area contributed by atoms with Crippen LogP contribution in [0.15, 0.2) is 60.7 Å². The van der Waals surface area contributed by atoms with E-state index in [0.717, 1.165) is 48.2 Å². The Bertz CT molecular complexity index is 1450. The van der Waals surface area contributed by atoms with E-state index in [4.69, 9.17) is 14.5 Å². The Hall–Kier alpha value is -4.33. The minimum atomic E-state index is -0.969. The highest BCUT2D eigenvalue weighted by atomic mass is 16.5. The fourth-order valence-corrected chi connectivity index (χ4v) is 5.17. The zero-order valence-electron chi connectivity index (χ0n) is 21.6. The molecule has 1 heterocycles. The molecule has 1 saturated carbocycles. The maximum absolute atomic E-state index is 12.9. The molecule has 0 spiro atoms. The van der Waals surface area contributed by atoms with Gasteiger partial charge in [-0.15, -0.1) is 0 Å². The number of imidazole rings is 1. The summed E-state index contributed by atoms with van der Waals surface area (Å²) in [6.07, 6.45) is 5.68. The number of nitrogens with zero attached hydrogens (tertiary/aromatic N) is 2. The average Bonchev–Trinajstić information content (AvgIpc) is 3.35. The van der Waals surface area contributed by atoms with E-state index in [-0.39, 0.29) is 11.5 Å². The molecule has 2 N–H and O–H groups in total. The van der Waals surface area contributed by atoms with E-state index < -0.39 is 5.97 Å². The Labute approximate surface area is 221 Å². The zero-order valence-corrected chi connectivity index (χ0v) is 21.6. The largest absolute Gasteiger partial charge is 0.497 e. The Kier molecular flexibility index (Phi) is 7.31. The number of benzene rings is 3. The first-order valence-electron chi connectivity index (χ1n) is 12.8. The molecule has 1 amide bonds. The Morgan fingerprint density at radius 1 is 0.921 bits per heavy atom. The molecule has 0 radical (unpaired) electrons. The minimum absolute atomic E-state index is 0.190. The highest BCUT2D eigenvalue weighted by Crippen LogP contribution is 2.36. The lowest BCUT2D eigenvalue weighted by molar-refractivity contribution is 0.0696. The van der Waals surface area contributed by atoms with E-state index in [1.165, 1.54) is 6.42 Å². The van der Waals surface area contributed by atoms with Gasteiger partial charge in [0.15, 0.2) is 0 Å². The average molecular weight is 514 g/mol. The summed E-state index contributed by atoms with van der Waals surface area (Å²) in [4.78, 5) is 29.3. The number of aromatic nitrogens is 2. The maximum atomic E-state index is 12.9. The second-order valence-electron chi connectivity index (χ2n) is 9.59. The van der Waals surface area contributed by atoms with Crippen molar-refractivity contribution < 1.29 is 24.2 Å². The van der Waals surface area contributed by atoms with Crippen LogP contribution in [0.4, 0.5) is 0 Å². The van der Waals surface area contributed by atoms with Gasteiger partial charge in [-0.2, -0.15) is 0 Å². The predicted octanol–water partition coefficient (Wildman–Crippen LogP) is 5.85. The highest BCUT2D eigenvalue weighted by Gasteiger charge is 2.23. The van der Waals surface area contributed by atoms with E-state index in [1.807, 2.05) is 30.3 Å². The summed E-state index contributed by atoms with van der Waals surface area (Å²) in [6, 6.07) is 18.3. The number of hydrogen-bond donors (Lipinski definition) is 2. The zero-order chi connectivity index (χ0) is 26.6. The predicted molar refractivity (Wildman–Crippen MR) is 145 cm³/mol. The standard InChI is InChI=1S/C30H31N3O5/c1-37-24-14-19(15-25(17-24)38-2)18-31-29(34)21-10-8-20(9-11-21)28-32-26-16-22(30(35)36)12-13-27(26)33(28)23-6-4-3-5-7-23/h8-17,23H,3-7,18H2,1-2H3,(H,31,34)(H,35,36). The summed E-state index contributed by atoms with van der Waals surface area (Å²) in [5, 5.41) is 12.4. The summed E-state index contributed by atoms with van der Waals surface area (Å²) < 4.78 is 12.9. The molecule has 0 saturated heterocycles. The normalized spacial score (nSPS) is 13.8. The van der Waals surface area contributed by atoms with Crippen LogP contribution in [-0.4, -0.2) is 40.8 Å². The molecule has 0 aliphatic heterocycles. The number of hydrogen-bond acceptors (Lipinski definition) is 5. The van der Waals surface area contributed by atoms with Crippen molar-refractivity contribution in [2.24, 2.45) is 0 Å². The van der Waals surface area contributed by atoms with Crippen LogP contribution in [0.25, 0.3) is 22.4 Å². The second-order valence-corrected chi connectivity index (χ2v) is 9.59. The molecule has 5 rings (SSSR count). The molecule has 3 aromatic carbocycles. The molecule has 8 nitrogen and oxygen atoms in total. The number of fused-ring (bicyclic) bond motifs is 1. The Morgan fingerprint density at radius 2 is 1.58 bits per heavy atom. The minimum Gasteiger partial charge on any atom is -0.497 e. The summed E-state index contributed by atoms with van der Waals surface area (Å²) in [7, 11) is 3.18. The molecule has 1 aliphatic carbocycles. The van der Waals surface area contributed by atoms with E-state index in [1.54, 1.807) is 44.6 Å². The van der Waals surface area contributed by atoms with Gasteiger partial charge >= 0.3 is 5.97 Å². The van der Waals surface area contributed by atoms with Crippen LogP contribution in [-0.2, 0) is 6.54 Å². The van der Waals surface area contributed by atoms with Crippen molar-refractivity contribution in [2.45, 2.75) is 44.7 Å². The van der Waals surface area contributed by atoms with Gasteiger partial charge < -0.3 is 24.5 Å². The number of carbonyl (C=O) groups excluding carboxylic acids is 1. The summed E-state index contributed by atoms with van der Waals surface area (Å²) in [6.45, 7) is 0.331. The molecule has 1 fully saturated rings. The first-order valence-corrected chi connectivity index (χ1v) is 12.8. The fraction of sp³-hybridized carbons (Fsp3) is 0.300. The van der Waals surface area contributed by atoms with Gasteiger partial charge in [-0.1, -0.05) is 31.4 Å². The monoisotopic (exact) mass is 513 g/mol. The van der Waals surface area contributed by atoms with Crippen molar-refractivity contribution in [1.29, 1.82) is 0 Å². The number of aromatic carboxylic acids is 1. The molecule has 38 heavy (non-hydrogen) atoms. The number of ether oxygens (including phenoxy) is 2. The number of rotatable bonds is 8. The molecular weight excluding hydrogens is 482 g/mol. The molecule has 0 atom stereocenters. The van der Waals surface area contributed by atoms with Crippen molar-refractivity contribution in [3.8, 4) is 22.9 Å². The second kappa shape index (κ2) is 11.0. The van der Waals surface area contributed by atoms with E-state index in [0.29, 0.717) is 35.2 Å². The van der Waals surface area contributed by atoms with Crippen LogP contribution in [0.2, 0.25) is 0 Å². The molecular formula is C30H31N3O5. The van der Waals surface area contributed by atoms with E-state index in [2.05, 4.69) is 9.88 Å². The van der Waals surface area contributed by atoms with Gasteiger partial charge in [-0.05, 0) is 60.9 Å². The number of methoxy groups -OCH3 is 2. The number of nitrogens with one attached hydrogen (secondary N) is 1. The van der Waals surface area contributed by atoms with Gasteiger partial charge in [0.25, 0.3) is 5.91 Å². The lowest BCUT2D eigenvalue weighted by Gasteiger charge is -2.25. The van der Waals surface area contributed by atoms with Gasteiger partial charge in [0.1, 0.15) is 17.3 Å². The van der Waals surface area contributed by atoms with Crippen molar-refractivity contribution in [3.63, 3.8) is 0 Å². The summed E-state index contributed by atoms with van der Waals surface area (Å²) in [5.41, 5.74) is 4.12. The van der Waals surface area contributed by atoms with Gasteiger partial charge in [0.2, 0.25) is 0 Å². The lowest BCUT2D eigenvalue weighted by atomic mass is 9.94. The topological polar surface area (TPSA) is 103 Å². The Balaban J connectivity index is 1.40. The molecule has 0 bridgehead atoms. The quantitative estimate of drug-likeness (QED) is 0.306. The van der Waals surface area contributed by atoms with Crippen LogP contribution >= 0.6 is 0 Å². The third-order valence-electron chi connectivity index (χ3n) is 7.15. The number of carboxylic acid groups (broad SMARTS) is 1.